The Morgan fingerprint density at radius 1 is 1.19 bits per heavy atom. The highest BCUT2D eigenvalue weighted by Gasteiger charge is 2.20. The average Bonchev–Trinajstić information content (AvgIpc) is 3.33. The molecule has 1 N–H and O–H groups in total. The Morgan fingerprint density at radius 3 is 2.81 bits per heavy atom. The minimum atomic E-state index is -0.104. The summed E-state index contributed by atoms with van der Waals surface area (Å²) in [5.74, 6) is 1.96. The number of aryl methyl sites for hydroxylation is 3. The van der Waals surface area contributed by atoms with Crippen LogP contribution in [0.25, 0.3) is 11.4 Å². The topological polar surface area (TPSA) is 81.0 Å². The molecule has 140 valence electrons. The first-order chi connectivity index (χ1) is 13.2. The molecule has 2 aromatic heterocycles. The molecule has 0 unspecified atom stereocenters. The van der Waals surface area contributed by atoms with Crippen molar-refractivity contribution in [3.63, 3.8) is 0 Å². The average molecular weight is 365 g/mol. The van der Waals surface area contributed by atoms with Gasteiger partial charge in [-0.3, -0.25) is 4.79 Å². The highest BCUT2D eigenvalue weighted by molar-refractivity contribution is 5.64. The van der Waals surface area contributed by atoms with Crippen LogP contribution in [0.15, 0.2) is 45.8 Å². The van der Waals surface area contributed by atoms with Crippen LogP contribution in [-0.4, -0.2) is 21.2 Å². The van der Waals surface area contributed by atoms with Crippen molar-refractivity contribution in [2.75, 3.05) is 0 Å². The molecule has 1 aliphatic carbocycles. The monoisotopic (exact) mass is 365 g/mol. The summed E-state index contributed by atoms with van der Waals surface area (Å²) in [6, 6.07) is 9.41. The van der Waals surface area contributed by atoms with Crippen LogP contribution in [-0.2, 0) is 12.8 Å². The van der Waals surface area contributed by atoms with E-state index >= 15 is 0 Å². The van der Waals surface area contributed by atoms with Crippen LogP contribution in [0.3, 0.4) is 0 Å². The van der Waals surface area contributed by atoms with Crippen molar-refractivity contribution in [1.82, 2.24) is 15.1 Å². The summed E-state index contributed by atoms with van der Waals surface area (Å²) in [4.78, 5) is 18.4. The fraction of sp³-hybridized carbons (Fsp3) is 0.381. The lowest BCUT2D eigenvalue weighted by atomic mass is 10.1. The summed E-state index contributed by atoms with van der Waals surface area (Å²) in [6.07, 6.45) is 7.98. The first-order valence-electron chi connectivity index (χ1n) is 9.45. The number of hydrogen-bond donors (Lipinski definition) is 1. The van der Waals surface area contributed by atoms with Gasteiger partial charge in [-0.05, 0) is 62.3 Å². The second-order valence-corrected chi connectivity index (χ2v) is 7.10. The van der Waals surface area contributed by atoms with E-state index in [2.05, 4.69) is 22.0 Å². The van der Waals surface area contributed by atoms with Gasteiger partial charge in [0, 0.05) is 18.7 Å². The van der Waals surface area contributed by atoms with Crippen LogP contribution in [0, 0.1) is 6.92 Å². The molecule has 2 heterocycles. The lowest BCUT2D eigenvalue weighted by Gasteiger charge is -2.15. The van der Waals surface area contributed by atoms with E-state index < -0.39 is 0 Å². The zero-order chi connectivity index (χ0) is 18.6. The molecule has 4 rings (SSSR count). The molecule has 1 fully saturated rings. The van der Waals surface area contributed by atoms with Gasteiger partial charge in [0.15, 0.2) is 0 Å². The third-order valence-corrected chi connectivity index (χ3v) is 4.92. The van der Waals surface area contributed by atoms with Gasteiger partial charge >= 0.3 is 0 Å². The lowest BCUT2D eigenvalue weighted by Crippen LogP contribution is -2.11. The van der Waals surface area contributed by atoms with Crippen molar-refractivity contribution < 1.29 is 9.26 Å². The Balaban J connectivity index is 1.50. The molecule has 0 atom stereocenters. The molecule has 0 spiro atoms. The first-order valence-corrected chi connectivity index (χ1v) is 9.45. The second-order valence-electron chi connectivity index (χ2n) is 7.10. The number of aromatic nitrogens is 3. The summed E-state index contributed by atoms with van der Waals surface area (Å²) in [5, 5.41) is 4.15. The Kier molecular flexibility index (Phi) is 5.05. The molecule has 1 aliphatic rings. The number of pyridine rings is 1. The fourth-order valence-corrected chi connectivity index (χ4v) is 3.41. The summed E-state index contributed by atoms with van der Waals surface area (Å²) in [6.45, 7) is 2.05. The number of nitrogens with one attached hydrogen (secondary N) is 1. The highest BCUT2D eigenvalue weighted by atomic mass is 16.5. The largest absolute Gasteiger partial charge is 0.490 e. The van der Waals surface area contributed by atoms with Gasteiger partial charge in [0.1, 0.15) is 5.75 Å². The molecule has 0 amide bonds. The fourth-order valence-electron chi connectivity index (χ4n) is 3.41. The Hall–Kier alpha value is -2.89. The smallest absolute Gasteiger partial charge is 0.247 e. The highest BCUT2D eigenvalue weighted by Crippen LogP contribution is 2.32. The van der Waals surface area contributed by atoms with E-state index in [1.807, 2.05) is 24.3 Å². The predicted molar refractivity (Wildman–Crippen MR) is 102 cm³/mol. The molecule has 3 aromatic rings. The Labute approximate surface area is 157 Å². The van der Waals surface area contributed by atoms with Crippen LogP contribution in [0.4, 0.5) is 0 Å². The van der Waals surface area contributed by atoms with Crippen molar-refractivity contribution in [1.29, 1.82) is 0 Å². The Bertz CT molecular complexity index is 950. The second kappa shape index (κ2) is 7.78. The zero-order valence-corrected chi connectivity index (χ0v) is 15.4. The predicted octanol–water partition coefficient (Wildman–Crippen LogP) is 3.84. The van der Waals surface area contributed by atoms with E-state index in [9.17, 15) is 4.79 Å². The molecular weight excluding hydrogens is 342 g/mol. The van der Waals surface area contributed by atoms with E-state index in [1.165, 1.54) is 18.9 Å². The van der Waals surface area contributed by atoms with Crippen molar-refractivity contribution in [3.05, 3.63) is 63.9 Å². The first kappa shape index (κ1) is 17.5. The van der Waals surface area contributed by atoms with Crippen LogP contribution < -0.4 is 10.3 Å². The third-order valence-electron chi connectivity index (χ3n) is 4.92. The minimum absolute atomic E-state index is 0.104. The van der Waals surface area contributed by atoms with E-state index in [0.29, 0.717) is 18.1 Å². The van der Waals surface area contributed by atoms with Crippen molar-refractivity contribution in [3.8, 4) is 17.1 Å². The van der Waals surface area contributed by atoms with Crippen molar-refractivity contribution >= 4 is 0 Å². The normalized spacial score (nSPS) is 14.6. The minimum Gasteiger partial charge on any atom is -0.490 e. The number of benzene rings is 1. The van der Waals surface area contributed by atoms with E-state index in [1.54, 1.807) is 6.20 Å². The maximum absolute atomic E-state index is 11.1. The van der Waals surface area contributed by atoms with Gasteiger partial charge in [-0.2, -0.15) is 4.98 Å². The van der Waals surface area contributed by atoms with Gasteiger partial charge in [0.2, 0.25) is 17.3 Å². The van der Waals surface area contributed by atoms with Crippen molar-refractivity contribution in [2.24, 2.45) is 0 Å². The molecular formula is C21H23N3O3. The molecule has 0 saturated heterocycles. The SMILES string of the molecule is Cc1ccc(-c2noc(CCc3ccc(=O)[nH]c3)n2)c(OC2CCCC2)c1. The molecule has 6 heteroatoms. The third kappa shape index (κ3) is 4.27. The number of aromatic amines is 1. The molecule has 0 aliphatic heterocycles. The van der Waals surface area contributed by atoms with Gasteiger partial charge < -0.3 is 14.2 Å². The van der Waals surface area contributed by atoms with Crippen molar-refractivity contribution in [2.45, 2.75) is 51.6 Å². The number of nitrogens with zero attached hydrogens (tertiary/aromatic N) is 2. The summed E-state index contributed by atoms with van der Waals surface area (Å²) in [7, 11) is 0. The molecule has 0 bridgehead atoms. The molecule has 27 heavy (non-hydrogen) atoms. The summed E-state index contributed by atoms with van der Waals surface area (Å²) >= 11 is 0. The number of H-pyrrole nitrogens is 1. The quantitative estimate of drug-likeness (QED) is 0.718. The van der Waals surface area contributed by atoms with Crippen LogP contribution in [0.1, 0.15) is 42.7 Å². The number of hydrogen-bond acceptors (Lipinski definition) is 5. The van der Waals surface area contributed by atoms with Gasteiger partial charge in [-0.1, -0.05) is 17.3 Å². The molecule has 1 aromatic carbocycles. The van der Waals surface area contributed by atoms with Crippen LogP contribution in [0.5, 0.6) is 5.75 Å². The molecule has 1 saturated carbocycles. The molecule has 6 nitrogen and oxygen atoms in total. The van der Waals surface area contributed by atoms with Gasteiger partial charge in [-0.25, -0.2) is 0 Å². The van der Waals surface area contributed by atoms with Crippen LogP contribution in [0.2, 0.25) is 0 Å². The van der Waals surface area contributed by atoms with E-state index in [-0.39, 0.29) is 11.7 Å². The van der Waals surface area contributed by atoms with Gasteiger partial charge in [0.05, 0.1) is 11.7 Å². The van der Waals surface area contributed by atoms with E-state index in [4.69, 9.17) is 9.26 Å². The maximum Gasteiger partial charge on any atom is 0.247 e. The summed E-state index contributed by atoms with van der Waals surface area (Å²) < 4.78 is 11.7. The number of ether oxygens (including phenoxy) is 1. The van der Waals surface area contributed by atoms with Crippen LogP contribution >= 0.6 is 0 Å². The standard InChI is InChI=1S/C21H23N3O3/c1-14-6-9-17(18(12-14)26-16-4-2-3-5-16)21-23-20(27-24-21)11-8-15-7-10-19(25)22-13-15/h6-7,9-10,12-13,16H,2-5,8,11H2,1H3,(H,22,25). The summed E-state index contributed by atoms with van der Waals surface area (Å²) in [5.41, 5.74) is 2.93. The van der Waals surface area contributed by atoms with Gasteiger partial charge in [-0.15, -0.1) is 0 Å². The Morgan fingerprint density at radius 2 is 2.04 bits per heavy atom. The van der Waals surface area contributed by atoms with Gasteiger partial charge in [0.25, 0.3) is 0 Å². The zero-order valence-electron chi connectivity index (χ0n) is 15.4. The van der Waals surface area contributed by atoms with E-state index in [0.717, 1.165) is 41.7 Å². The molecule has 0 radical (unpaired) electrons. The maximum atomic E-state index is 11.1. The lowest BCUT2D eigenvalue weighted by molar-refractivity contribution is 0.210. The number of rotatable bonds is 6.